The Bertz CT molecular complexity index is 357. The Labute approximate surface area is 114 Å². The van der Waals surface area contributed by atoms with Crippen LogP contribution in [0.15, 0.2) is 24.3 Å². The molecule has 0 aliphatic heterocycles. The van der Waals surface area contributed by atoms with E-state index < -0.39 is 0 Å². The topological polar surface area (TPSA) is 44.5 Å². The predicted octanol–water partition coefficient (Wildman–Crippen LogP) is 3.17. The first-order valence-electron chi connectivity index (χ1n) is 6.28. The molecule has 3 nitrogen and oxygen atoms in total. The van der Waals surface area contributed by atoms with Crippen molar-refractivity contribution in [2.75, 3.05) is 13.2 Å². The Morgan fingerprint density at radius 3 is 2.61 bits per heavy atom. The van der Waals surface area contributed by atoms with Crippen LogP contribution in [0.4, 0.5) is 0 Å². The molecule has 3 unspecified atom stereocenters. The molecule has 3 atom stereocenters. The van der Waals surface area contributed by atoms with E-state index in [1.165, 1.54) is 0 Å². The summed E-state index contributed by atoms with van der Waals surface area (Å²) in [5.74, 6) is 0. The third-order valence-electron chi connectivity index (χ3n) is 2.59. The van der Waals surface area contributed by atoms with E-state index in [1.807, 2.05) is 45.0 Å². The first kappa shape index (κ1) is 15.4. The third-order valence-corrected chi connectivity index (χ3v) is 2.83. The SMILES string of the molecule is CCOCC(C)OC(c1cccc(Cl)c1)C(C)N. The summed E-state index contributed by atoms with van der Waals surface area (Å²) in [4.78, 5) is 0. The molecule has 0 aliphatic rings. The first-order valence-corrected chi connectivity index (χ1v) is 6.66. The number of hydrogen-bond acceptors (Lipinski definition) is 3. The Hall–Kier alpha value is -0.610. The van der Waals surface area contributed by atoms with Crippen molar-refractivity contribution in [2.45, 2.75) is 39.0 Å². The highest BCUT2D eigenvalue weighted by Gasteiger charge is 2.20. The maximum atomic E-state index is 5.99. The summed E-state index contributed by atoms with van der Waals surface area (Å²) < 4.78 is 11.3. The molecule has 0 saturated carbocycles. The molecule has 102 valence electrons. The normalized spacial score (nSPS) is 16.3. The van der Waals surface area contributed by atoms with Crippen molar-refractivity contribution in [3.8, 4) is 0 Å². The van der Waals surface area contributed by atoms with Crippen molar-refractivity contribution < 1.29 is 9.47 Å². The molecule has 0 aromatic heterocycles. The molecule has 0 amide bonds. The van der Waals surface area contributed by atoms with Crippen LogP contribution >= 0.6 is 11.6 Å². The van der Waals surface area contributed by atoms with Crippen LogP contribution in [0.5, 0.6) is 0 Å². The second-order valence-corrected chi connectivity index (χ2v) is 4.88. The van der Waals surface area contributed by atoms with E-state index in [0.717, 1.165) is 5.56 Å². The number of rotatable bonds is 7. The Balaban J connectivity index is 2.71. The standard InChI is InChI=1S/C14H22ClNO2/c1-4-17-9-10(2)18-14(11(3)16)12-6-5-7-13(15)8-12/h5-8,10-11,14H,4,9,16H2,1-3H3. The van der Waals surface area contributed by atoms with Gasteiger partial charge in [-0.2, -0.15) is 0 Å². The lowest BCUT2D eigenvalue weighted by Gasteiger charge is -2.26. The minimum atomic E-state index is -0.167. The van der Waals surface area contributed by atoms with E-state index in [4.69, 9.17) is 26.8 Å². The van der Waals surface area contributed by atoms with Gasteiger partial charge in [-0.1, -0.05) is 23.7 Å². The van der Waals surface area contributed by atoms with E-state index in [9.17, 15) is 0 Å². The van der Waals surface area contributed by atoms with Gasteiger partial charge in [0.2, 0.25) is 0 Å². The smallest absolute Gasteiger partial charge is 0.0978 e. The van der Waals surface area contributed by atoms with E-state index in [2.05, 4.69) is 0 Å². The molecule has 18 heavy (non-hydrogen) atoms. The van der Waals surface area contributed by atoms with Crippen molar-refractivity contribution in [1.82, 2.24) is 0 Å². The van der Waals surface area contributed by atoms with E-state index in [0.29, 0.717) is 18.2 Å². The quantitative estimate of drug-likeness (QED) is 0.828. The van der Waals surface area contributed by atoms with Crippen LogP contribution < -0.4 is 5.73 Å². The van der Waals surface area contributed by atoms with Gasteiger partial charge in [0.15, 0.2) is 0 Å². The van der Waals surface area contributed by atoms with Crippen LogP contribution in [0.2, 0.25) is 5.02 Å². The average molecular weight is 272 g/mol. The van der Waals surface area contributed by atoms with E-state index in [-0.39, 0.29) is 18.2 Å². The molecule has 0 bridgehead atoms. The van der Waals surface area contributed by atoms with Gasteiger partial charge in [0.05, 0.1) is 18.8 Å². The second-order valence-electron chi connectivity index (χ2n) is 4.44. The molecule has 0 heterocycles. The minimum absolute atomic E-state index is 0.0000633. The maximum absolute atomic E-state index is 5.99. The maximum Gasteiger partial charge on any atom is 0.0978 e. The lowest BCUT2D eigenvalue weighted by atomic mass is 10.0. The van der Waals surface area contributed by atoms with Crippen LogP contribution in [0.1, 0.15) is 32.4 Å². The van der Waals surface area contributed by atoms with Crippen LogP contribution in [-0.4, -0.2) is 25.4 Å². The fraction of sp³-hybridized carbons (Fsp3) is 0.571. The molecule has 0 fully saturated rings. The number of ether oxygens (including phenoxy) is 2. The fourth-order valence-corrected chi connectivity index (χ4v) is 1.96. The van der Waals surface area contributed by atoms with Gasteiger partial charge in [-0.3, -0.25) is 0 Å². The summed E-state index contributed by atoms with van der Waals surface area (Å²) in [6.07, 6.45) is -0.168. The Morgan fingerprint density at radius 1 is 1.33 bits per heavy atom. The Morgan fingerprint density at radius 2 is 2.06 bits per heavy atom. The van der Waals surface area contributed by atoms with Crippen molar-refractivity contribution in [3.63, 3.8) is 0 Å². The van der Waals surface area contributed by atoms with Gasteiger partial charge < -0.3 is 15.2 Å². The predicted molar refractivity (Wildman–Crippen MR) is 74.9 cm³/mol. The van der Waals surface area contributed by atoms with Crippen LogP contribution in [0.3, 0.4) is 0 Å². The first-order chi connectivity index (χ1) is 8.54. The molecule has 1 rings (SSSR count). The lowest BCUT2D eigenvalue weighted by Crippen LogP contribution is -2.31. The molecule has 1 aromatic carbocycles. The zero-order valence-electron chi connectivity index (χ0n) is 11.2. The largest absolute Gasteiger partial charge is 0.379 e. The number of halogens is 1. The van der Waals surface area contributed by atoms with Gasteiger partial charge in [0.25, 0.3) is 0 Å². The number of hydrogen-bond donors (Lipinski definition) is 1. The summed E-state index contributed by atoms with van der Waals surface area (Å²) in [6, 6.07) is 7.51. The molecule has 0 spiro atoms. The zero-order chi connectivity index (χ0) is 13.5. The van der Waals surface area contributed by atoms with Crippen LogP contribution in [-0.2, 0) is 9.47 Å². The van der Waals surface area contributed by atoms with Crippen molar-refractivity contribution in [3.05, 3.63) is 34.9 Å². The highest BCUT2D eigenvalue weighted by Crippen LogP contribution is 2.24. The second kappa shape index (κ2) is 7.74. The van der Waals surface area contributed by atoms with Crippen molar-refractivity contribution >= 4 is 11.6 Å². The molecule has 0 aliphatic carbocycles. The monoisotopic (exact) mass is 271 g/mol. The van der Waals surface area contributed by atoms with Gasteiger partial charge in [-0.05, 0) is 38.5 Å². The fourth-order valence-electron chi connectivity index (χ4n) is 1.76. The van der Waals surface area contributed by atoms with Gasteiger partial charge in [0.1, 0.15) is 0 Å². The van der Waals surface area contributed by atoms with Gasteiger partial charge in [-0.25, -0.2) is 0 Å². The van der Waals surface area contributed by atoms with Gasteiger partial charge in [-0.15, -0.1) is 0 Å². The highest BCUT2D eigenvalue weighted by atomic mass is 35.5. The van der Waals surface area contributed by atoms with Gasteiger partial charge >= 0.3 is 0 Å². The minimum Gasteiger partial charge on any atom is -0.379 e. The molecule has 1 aromatic rings. The Kier molecular flexibility index (Phi) is 6.65. The van der Waals surface area contributed by atoms with Crippen LogP contribution in [0.25, 0.3) is 0 Å². The number of nitrogens with two attached hydrogens (primary N) is 1. The summed E-state index contributed by atoms with van der Waals surface area (Å²) in [5, 5.41) is 0.694. The van der Waals surface area contributed by atoms with E-state index >= 15 is 0 Å². The summed E-state index contributed by atoms with van der Waals surface area (Å²) in [5.41, 5.74) is 6.99. The van der Waals surface area contributed by atoms with Crippen molar-refractivity contribution in [2.24, 2.45) is 5.73 Å². The molecular formula is C14H22ClNO2. The molecule has 0 radical (unpaired) electrons. The lowest BCUT2D eigenvalue weighted by molar-refractivity contribution is -0.0550. The third kappa shape index (κ3) is 4.94. The molecular weight excluding hydrogens is 250 g/mol. The highest BCUT2D eigenvalue weighted by molar-refractivity contribution is 6.30. The van der Waals surface area contributed by atoms with E-state index in [1.54, 1.807) is 0 Å². The van der Waals surface area contributed by atoms with Crippen LogP contribution in [0, 0.1) is 0 Å². The average Bonchev–Trinajstić information content (AvgIpc) is 2.33. The summed E-state index contributed by atoms with van der Waals surface area (Å²) in [7, 11) is 0. The molecule has 2 N–H and O–H groups in total. The number of benzene rings is 1. The molecule has 4 heteroatoms. The summed E-state index contributed by atoms with van der Waals surface area (Å²) >= 11 is 5.99. The molecule has 0 saturated heterocycles. The van der Waals surface area contributed by atoms with Crippen molar-refractivity contribution in [1.29, 1.82) is 0 Å². The summed E-state index contributed by atoms with van der Waals surface area (Å²) in [6.45, 7) is 7.13. The zero-order valence-corrected chi connectivity index (χ0v) is 12.0. The van der Waals surface area contributed by atoms with Gasteiger partial charge in [0, 0.05) is 17.7 Å².